The fourth-order valence-corrected chi connectivity index (χ4v) is 2.54. The van der Waals surface area contributed by atoms with Crippen molar-refractivity contribution in [2.75, 3.05) is 14.2 Å². The largest absolute Gasteiger partial charge is 0.454 e. The standard InChI is InChI=1S/C15H19NO5/c1-10-9-12(13(19-2)16(10)15(18)20-3)21-14(17)11-7-5-4-6-8-11/h4-8,10,12-13H,9H2,1-3H3/t10-,12-,13?/m1/s1. The number of carbonyl (C=O) groups excluding carboxylic acids is 2. The molecule has 1 aromatic carbocycles. The number of ether oxygens (including phenoxy) is 3. The van der Waals surface area contributed by atoms with Crippen molar-refractivity contribution in [1.29, 1.82) is 0 Å². The van der Waals surface area contributed by atoms with Crippen LogP contribution in [0.4, 0.5) is 4.79 Å². The third-order valence-corrected chi connectivity index (χ3v) is 3.54. The lowest BCUT2D eigenvalue weighted by atomic mass is 10.2. The number of hydrogen-bond acceptors (Lipinski definition) is 5. The topological polar surface area (TPSA) is 65.1 Å². The van der Waals surface area contributed by atoms with Gasteiger partial charge in [0.25, 0.3) is 0 Å². The number of nitrogens with zero attached hydrogens (tertiary/aromatic N) is 1. The van der Waals surface area contributed by atoms with Gasteiger partial charge in [-0.15, -0.1) is 0 Å². The Labute approximate surface area is 123 Å². The van der Waals surface area contributed by atoms with Crippen LogP contribution in [0.25, 0.3) is 0 Å². The fourth-order valence-electron chi connectivity index (χ4n) is 2.54. The first kappa shape index (κ1) is 15.3. The zero-order chi connectivity index (χ0) is 15.4. The van der Waals surface area contributed by atoms with E-state index >= 15 is 0 Å². The SMILES string of the molecule is COC(=O)N1C(OC)[C@H](OC(=O)c2ccccc2)C[C@H]1C. The molecule has 2 rings (SSSR count). The van der Waals surface area contributed by atoms with Crippen LogP contribution in [0.2, 0.25) is 0 Å². The van der Waals surface area contributed by atoms with E-state index in [-0.39, 0.29) is 6.04 Å². The van der Waals surface area contributed by atoms with Gasteiger partial charge in [-0.05, 0) is 19.1 Å². The Morgan fingerprint density at radius 1 is 1.19 bits per heavy atom. The molecule has 21 heavy (non-hydrogen) atoms. The summed E-state index contributed by atoms with van der Waals surface area (Å²) in [6, 6.07) is 8.59. The van der Waals surface area contributed by atoms with E-state index in [0.29, 0.717) is 12.0 Å². The lowest BCUT2D eigenvalue weighted by Gasteiger charge is -2.27. The average Bonchev–Trinajstić information content (AvgIpc) is 2.82. The van der Waals surface area contributed by atoms with Crippen LogP contribution in [0, 0.1) is 0 Å². The summed E-state index contributed by atoms with van der Waals surface area (Å²) in [6.45, 7) is 1.86. The van der Waals surface area contributed by atoms with Crippen molar-refractivity contribution < 1.29 is 23.8 Å². The molecule has 1 amide bonds. The number of carbonyl (C=O) groups is 2. The molecule has 1 heterocycles. The van der Waals surface area contributed by atoms with E-state index in [4.69, 9.17) is 14.2 Å². The van der Waals surface area contributed by atoms with Gasteiger partial charge in [0.2, 0.25) is 0 Å². The Kier molecular flexibility index (Phi) is 4.80. The minimum Gasteiger partial charge on any atom is -0.454 e. The van der Waals surface area contributed by atoms with E-state index in [1.54, 1.807) is 24.3 Å². The van der Waals surface area contributed by atoms with Crippen LogP contribution >= 0.6 is 0 Å². The van der Waals surface area contributed by atoms with Crippen molar-refractivity contribution in [2.24, 2.45) is 0 Å². The summed E-state index contributed by atoms with van der Waals surface area (Å²) in [4.78, 5) is 25.3. The summed E-state index contributed by atoms with van der Waals surface area (Å²) in [6.07, 6.45) is -1.14. The van der Waals surface area contributed by atoms with Gasteiger partial charge >= 0.3 is 12.1 Å². The van der Waals surface area contributed by atoms with Gasteiger partial charge in [0.1, 0.15) is 6.10 Å². The van der Waals surface area contributed by atoms with Gasteiger partial charge < -0.3 is 14.2 Å². The molecule has 3 atom stereocenters. The Hall–Kier alpha value is -2.08. The summed E-state index contributed by atoms with van der Waals surface area (Å²) in [5, 5.41) is 0. The highest BCUT2D eigenvalue weighted by Crippen LogP contribution is 2.28. The van der Waals surface area contributed by atoms with E-state index in [2.05, 4.69) is 0 Å². The first-order valence-corrected chi connectivity index (χ1v) is 6.73. The van der Waals surface area contributed by atoms with Gasteiger partial charge in [0.05, 0.1) is 12.7 Å². The molecule has 0 aromatic heterocycles. The Bertz CT molecular complexity index is 504. The number of amides is 1. The highest BCUT2D eigenvalue weighted by Gasteiger charge is 2.45. The number of benzene rings is 1. The van der Waals surface area contributed by atoms with Gasteiger partial charge in [-0.3, -0.25) is 4.90 Å². The van der Waals surface area contributed by atoms with Crippen LogP contribution in [0.3, 0.4) is 0 Å². The molecule has 0 spiro atoms. The molecule has 0 radical (unpaired) electrons. The maximum atomic E-state index is 12.1. The van der Waals surface area contributed by atoms with Gasteiger partial charge in [-0.1, -0.05) is 18.2 Å². The Morgan fingerprint density at radius 2 is 1.86 bits per heavy atom. The number of esters is 1. The molecule has 0 aliphatic carbocycles. The number of rotatable bonds is 3. The fraction of sp³-hybridized carbons (Fsp3) is 0.467. The van der Waals surface area contributed by atoms with Crippen LogP contribution in [0.15, 0.2) is 30.3 Å². The third kappa shape index (κ3) is 3.16. The Morgan fingerprint density at radius 3 is 2.43 bits per heavy atom. The average molecular weight is 293 g/mol. The molecule has 6 nitrogen and oxygen atoms in total. The second kappa shape index (κ2) is 6.58. The lowest BCUT2D eigenvalue weighted by Crippen LogP contribution is -2.44. The molecule has 1 saturated heterocycles. The zero-order valence-electron chi connectivity index (χ0n) is 12.3. The van der Waals surface area contributed by atoms with Crippen LogP contribution in [-0.2, 0) is 14.2 Å². The van der Waals surface area contributed by atoms with Crippen LogP contribution < -0.4 is 0 Å². The molecule has 1 aromatic rings. The first-order valence-electron chi connectivity index (χ1n) is 6.73. The van der Waals surface area contributed by atoms with Crippen LogP contribution in [0.5, 0.6) is 0 Å². The summed E-state index contributed by atoms with van der Waals surface area (Å²) >= 11 is 0. The van der Waals surface area contributed by atoms with Gasteiger partial charge in [-0.2, -0.15) is 0 Å². The van der Waals surface area contributed by atoms with E-state index in [0.717, 1.165) is 0 Å². The van der Waals surface area contributed by atoms with Gasteiger partial charge in [-0.25, -0.2) is 9.59 Å². The first-order chi connectivity index (χ1) is 10.1. The number of likely N-dealkylation sites (tertiary alicyclic amines) is 1. The molecular weight excluding hydrogens is 274 g/mol. The molecule has 1 aliphatic rings. The van der Waals surface area contributed by atoms with E-state index in [9.17, 15) is 9.59 Å². The van der Waals surface area contributed by atoms with Crippen molar-refractivity contribution in [3.63, 3.8) is 0 Å². The van der Waals surface area contributed by atoms with Gasteiger partial charge in [0, 0.05) is 19.6 Å². The van der Waals surface area contributed by atoms with E-state index in [1.165, 1.54) is 19.1 Å². The van der Waals surface area contributed by atoms with Crippen molar-refractivity contribution in [3.05, 3.63) is 35.9 Å². The highest BCUT2D eigenvalue weighted by atomic mass is 16.6. The van der Waals surface area contributed by atoms with Crippen molar-refractivity contribution in [2.45, 2.75) is 31.7 Å². The molecule has 1 aliphatic heterocycles. The van der Waals surface area contributed by atoms with Crippen molar-refractivity contribution >= 4 is 12.1 Å². The summed E-state index contributed by atoms with van der Waals surface area (Å²) < 4.78 is 15.5. The predicted octanol–water partition coefficient (Wildman–Crippen LogP) is 2.05. The molecule has 0 N–H and O–H groups in total. The van der Waals surface area contributed by atoms with Crippen LogP contribution in [-0.4, -0.2) is 49.6 Å². The van der Waals surface area contributed by atoms with Crippen LogP contribution in [0.1, 0.15) is 23.7 Å². The summed E-state index contributed by atoms with van der Waals surface area (Å²) in [5.41, 5.74) is 0.469. The van der Waals surface area contributed by atoms with Gasteiger partial charge in [0.15, 0.2) is 6.23 Å². The minimum absolute atomic E-state index is 0.129. The second-order valence-electron chi connectivity index (χ2n) is 4.90. The third-order valence-electron chi connectivity index (χ3n) is 3.54. The normalized spacial score (nSPS) is 24.7. The van der Waals surface area contributed by atoms with Crippen molar-refractivity contribution in [1.82, 2.24) is 4.90 Å². The number of methoxy groups -OCH3 is 2. The number of hydrogen-bond donors (Lipinski definition) is 0. The maximum absolute atomic E-state index is 12.1. The highest BCUT2D eigenvalue weighted by molar-refractivity contribution is 5.89. The van der Waals surface area contributed by atoms with E-state index < -0.39 is 24.4 Å². The maximum Gasteiger partial charge on any atom is 0.411 e. The Balaban J connectivity index is 2.10. The molecule has 1 unspecified atom stereocenters. The summed E-state index contributed by atoms with van der Waals surface area (Å²) in [5.74, 6) is -0.429. The lowest BCUT2D eigenvalue weighted by molar-refractivity contribution is -0.0711. The van der Waals surface area contributed by atoms with E-state index in [1.807, 2.05) is 13.0 Å². The predicted molar refractivity (Wildman–Crippen MR) is 74.8 cm³/mol. The molecule has 6 heteroatoms. The summed E-state index contributed by atoms with van der Waals surface area (Å²) in [7, 11) is 2.78. The molecule has 0 bridgehead atoms. The minimum atomic E-state index is -0.639. The van der Waals surface area contributed by atoms with Crippen molar-refractivity contribution in [3.8, 4) is 0 Å². The quantitative estimate of drug-likeness (QED) is 0.798. The monoisotopic (exact) mass is 293 g/mol. The second-order valence-corrected chi connectivity index (χ2v) is 4.90. The zero-order valence-corrected chi connectivity index (χ0v) is 12.3. The molecule has 0 saturated carbocycles. The molecule has 1 fully saturated rings. The smallest absolute Gasteiger partial charge is 0.411 e. The molecule has 114 valence electrons. The molecular formula is C15H19NO5.